The van der Waals surface area contributed by atoms with E-state index in [0.717, 1.165) is 87.8 Å². The first-order valence-corrected chi connectivity index (χ1v) is 23.4. The van der Waals surface area contributed by atoms with Crippen molar-refractivity contribution in [2.24, 2.45) is 46.3 Å². The summed E-state index contributed by atoms with van der Waals surface area (Å²) in [5, 5.41) is 0. The molecule has 0 aromatic rings. The number of rotatable bonds is 27. The number of hydrogen-bond donors (Lipinski definition) is 0. The Balaban J connectivity index is 1.05. The molecule has 53 heavy (non-hydrogen) atoms. The number of unbranched alkanes of at least 4 members (excludes halogenated alkanes) is 8. The molecule has 0 aromatic heterocycles. The van der Waals surface area contributed by atoms with Gasteiger partial charge in [0.25, 0.3) is 0 Å². The first-order valence-electron chi connectivity index (χ1n) is 23.4. The average molecular weight is 740 g/mol. The molecule has 9 atom stereocenters. The standard InChI is InChI=1S/C49H89NO3/c1-9-10-11-12-13-14-16-19-33-51-37-42(50(7)8)38-52-34-20-17-15-18-21-35-53-43-29-31-48(5)41(36-43)25-26-44-46-28-27-45(40(4)24-22-23-39(2)3)49(46,6)32-30-47(44)48/h13-14,25,39-40,42-47H,9-12,15-24,26-38H2,1-8H3/b14-13-/t40-,42-,43+,44+,45?,46?,47?,48+,49-/m1/s1. The van der Waals surface area contributed by atoms with Gasteiger partial charge in [-0.25, -0.2) is 0 Å². The summed E-state index contributed by atoms with van der Waals surface area (Å²) in [4.78, 5) is 2.24. The Morgan fingerprint density at radius 2 is 1.45 bits per heavy atom. The summed E-state index contributed by atoms with van der Waals surface area (Å²) in [7, 11) is 4.27. The Bertz CT molecular complexity index is 1050. The summed E-state index contributed by atoms with van der Waals surface area (Å²) < 4.78 is 18.7. The van der Waals surface area contributed by atoms with Crippen LogP contribution < -0.4 is 0 Å². The van der Waals surface area contributed by atoms with Crippen LogP contribution in [-0.2, 0) is 14.2 Å². The zero-order valence-corrected chi connectivity index (χ0v) is 36.6. The highest BCUT2D eigenvalue weighted by Gasteiger charge is 2.59. The molecule has 3 saturated carbocycles. The van der Waals surface area contributed by atoms with E-state index >= 15 is 0 Å². The second-order valence-electron chi connectivity index (χ2n) is 19.7. The topological polar surface area (TPSA) is 30.9 Å². The van der Waals surface area contributed by atoms with E-state index in [2.05, 4.69) is 78.8 Å². The summed E-state index contributed by atoms with van der Waals surface area (Å²) >= 11 is 0. The molecule has 0 spiro atoms. The zero-order chi connectivity index (χ0) is 38.1. The lowest BCUT2D eigenvalue weighted by Crippen LogP contribution is -2.51. The largest absolute Gasteiger partial charge is 0.380 e. The van der Waals surface area contributed by atoms with E-state index in [9.17, 15) is 0 Å². The molecular weight excluding hydrogens is 651 g/mol. The Hall–Kier alpha value is -0.680. The van der Waals surface area contributed by atoms with E-state index in [1.807, 2.05) is 0 Å². The van der Waals surface area contributed by atoms with Gasteiger partial charge in [-0.3, -0.25) is 0 Å². The predicted octanol–water partition coefficient (Wildman–Crippen LogP) is 13.2. The van der Waals surface area contributed by atoms with Gasteiger partial charge < -0.3 is 19.1 Å². The fraction of sp³-hybridized carbons (Fsp3) is 0.918. The summed E-state index contributed by atoms with van der Waals surface area (Å²) in [5.74, 6) is 5.49. The first kappa shape index (κ1) is 45.0. The predicted molar refractivity (Wildman–Crippen MR) is 227 cm³/mol. The summed E-state index contributed by atoms with van der Waals surface area (Å²) in [6.07, 6.45) is 36.8. The van der Waals surface area contributed by atoms with Crippen molar-refractivity contribution in [2.45, 2.75) is 195 Å². The molecule has 0 amide bonds. The molecule has 308 valence electrons. The van der Waals surface area contributed by atoms with Crippen LogP contribution in [-0.4, -0.2) is 64.2 Å². The van der Waals surface area contributed by atoms with Gasteiger partial charge in [0, 0.05) is 19.8 Å². The highest BCUT2D eigenvalue weighted by molar-refractivity contribution is 5.25. The van der Waals surface area contributed by atoms with Gasteiger partial charge in [-0.05, 0) is 150 Å². The Labute approximate surface area is 330 Å². The van der Waals surface area contributed by atoms with Crippen molar-refractivity contribution in [3.8, 4) is 0 Å². The van der Waals surface area contributed by atoms with Crippen molar-refractivity contribution in [3.63, 3.8) is 0 Å². The minimum Gasteiger partial charge on any atom is -0.380 e. The second kappa shape index (κ2) is 23.5. The maximum absolute atomic E-state index is 6.57. The third-order valence-electron chi connectivity index (χ3n) is 15.2. The lowest BCUT2D eigenvalue weighted by atomic mass is 9.47. The highest BCUT2D eigenvalue weighted by atomic mass is 16.5. The van der Waals surface area contributed by atoms with Crippen LogP contribution in [0.5, 0.6) is 0 Å². The van der Waals surface area contributed by atoms with Crippen molar-refractivity contribution in [1.29, 1.82) is 0 Å². The zero-order valence-electron chi connectivity index (χ0n) is 36.6. The van der Waals surface area contributed by atoms with Gasteiger partial charge in [0.05, 0.1) is 25.4 Å². The molecule has 4 nitrogen and oxygen atoms in total. The number of likely N-dealkylation sites (N-methyl/N-ethyl adjacent to an activating group) is 1. The van der Waals surface area contributed by atoms with Gasteiger partial charge in [0.15, 0.2) is 0 Å². The monoisotopic (exact) mass is 740 g/mol. The van der Waals surface area contributed by atoms with Crippen molar-refractivity contribution in [2.75, 3.05) is 47.1 Å². The van der Waals surface area contributed by atoms with Crippen LogP contribution in [0.25, 0.3) is 0 Å². The van der Waals surface area contributed by atoms with E-state index in [4.69, 9.17) is 14.2 Å². The molecule has 0 radical (unpaired) electrons. The van der Waals surface area contributed by atoms with Gasteiger partial charge in [-0.15, -0.1) is 0 Å². The molecule has 4 aliphatic rings. The van der Waals surface area contributed by atoms with Gasteiger partial charge in [0.1, 0.15) is 0 Å². The smallest absolute Gasteiger partial charge is 0.0644 e. The summed E-state index contributed by atoms with van der Waals surface area (Å²) in [6.45, 7) is 19.2. The van der Waals surface area contributed by atoms with Crippen LogP contribution >= 0.6 is 0 Å². The minimum atomic E-state index is 0.330. The molecule has 0 N–H and O–H groups in total. The highest BCUT2D eigenvalue weighted by Crippen LogP contribution is 2.67. The van der Waals surface area contributed by atoms with Crippen LogP contribution in [0.15, 0.2) is 23.8 Å². The van der Waals surface area contributed by atoms with Crippen LogP contribution in [0, 0.1) is 46.3 Å². The second-order valence-corrected chi connectivity index (χ2v) is 19.7. The fourth-order valence-electron chi connectivity index (χ4n) is 11.7. The van der Waals surface area contributed by atoms with Gasteiger partial charge in [0.2, 0.25) is 0 Å². The molecule has 0 heterocycles. The molecule has 4 rings (SSSR count). The SMILES string of the molecule is CCCCC/C=C\CCCOC[C@H](COCCCCCCCO[C@H]1CC[C@@]2(C)C(=CC[C@H]3C4CCC([C@H](C)CCCC(C)C)[C@@]4(C)CCC32)C1)N(C)C. The molecule has 0 aliphatic heterocycles. The first-order chi connectivity index (χ1) is 25.6. The number of fused-ring (bicyclic) bond motifs is 5. The number of nitrogens with zero attached hydrogens (tertiary/aromatic N) is 1. The van der Waals surface area contributed by atoms with E-state index in [0.29, 0.717) is 23.0 Å². The maximum Gasteiger partial charge on any atom is 0.0644 e. The van der Waals surface area contributed by atoms with Crippen LogP contribution in [0.4, 0.5) is 0 Å². The van der Waals surface area contributed by atoms with Gasteiger partial charge >= 0.3 is 0 Å². The molecular formula is C49H89NO3. The van der Waals surface area contributed by atoms with Crippen LogP contribution in [0.2, 0.25) is 0 Å². The summed E-state index contributed by atoms with van der Waals surface area (Å²) in [6, 6.07) is 0.330. The fourth-order valence-corrected chi connectivity index (χ4v) is 11.7. The van der Waals surface area contributed by atoms with Gasteiger partial charge in [-0.1, -0.05) is 117 Å². The molecule has 3 unspecified atom stereocenters. The Morgan fingerprint density at radius 3 is 2.17 bits per heavy atom. The average Bonchev–Trinajstić information content (AvgIpc) is 3.49. The number of hydrogen-bond acceptors (Lipinski definition) is 4. The lowest BCUT2D eigenvalue weighted by Gasteiger charge is -2.58. The molecule has 0 saturated heterocycles. The van der Waals surface area contributed by atoms with Crippen molar-refractivity contribution >= 4 is 0 Å². The van der Waals surface area contributed by atoms with Crippen LogP contribution in [0.1, 0.15) is 183 Å². The molecule has 0 aromatic carbocycles. The molecule has 4 heteroatoms. The third-order valence-corrected chi connectivity index (χ3v) is 15.2. The minimum absolute atomic E-state index is 0.330. The van der Waals surface area contributed by atoms with Crippen molar-refractivity contribution in [1.82, 2.24) is 4.90 Å². The van der Waals surface area contributed by atoms with Crippen molar-refractivity contribution < 1.29 is 14.2 Å². The van der Waals surface area contributed by atoms with Gasteiger partial charge in [-0.2, -0.15) is 0 Å². The molecule has 4 aliphatic carbocycles. The third kappa shape index (κ3) is 13.5. The Kier molecular flexibility index (Phi) is 20.0. The van der Waals surface area contributed by atoms with E-state index in [1.165, 1.54) is 122 Å². The maximum atomic E-state index is 6.57. The van der Waals surface area contributed by atoms with E-state index < -0.39 is 0 Å². The molecule has 0 bridgehead atoms. The van der Waals surface area contributed by atoms with E-state index in [1.54, 1.807) is 5.57 Å². The quantitative estimate of drug-likeness (QED) is 0.0620. The molecule has 3 fully saturated rings. The summed E-state index contributed by atoms with van der Waals surface area (Å²) in [5.41, 5.74) is 2.79. The van der Waals surface area contributed by atoms with E-state index in [-0.39, 0.29) is 0 Å². The Morgan fingerprint density at radius 1 is 0.755 bits per heavy atom. The lowest BCUT2D eigenvalue weighted by molar-refractivity contribution is -0.0641. The number of ether oxygens (including phenoxy) is 3. The van der Waals surface area contributed by atoms with Crippen LogP contribution in [0.3, 0.4) is 0 Å². The van der Waals surface area contributed by atoms with Crippen molar-refractivity contribution in [3.05, 3.63) is 23.8 Å². The normalized spacial score (nSPS) is 31.1. The number of allylic oxidation sites excluding steroid dienone is 3.